The summed E-state index contributed by atoms with van der Waals surface area (Å²) in [6, 6.07) is 8.02. The normalized spacial score (nSPS) is 14.2. The van der Waals surface area contributed by atoms with Crippen molar-refractivity contribution in [3.63, 3.8) is 0 Å². The first-order chi connectivity index (χ1) is 17.7. The standard InChI is InChI=1S/C30H51N3O2S/c1-4-7-9-10-11-12-13-14-15-16-17-20-24-35-29-23-19-18-22-27(29)28(34)25-30-31-33(32-36-30)26(6-3)21-8-5-2/h18-19,22-23,26,32H,4-17,20-21,24-25H2,1-3H3. The molecule has 1 aliphatic rings. The maximum atomic E-state index is 13.1. The van der Waals surface area contributed by atoms with E-state index < -0.39 is 0 Å². The van der Waals surface area contributed by atoms with Gasteiger partial charge in [-0.3, -0.25) is 4.79 Å². The third-order valence-corrected chi connectivity index (χ3v) is 7.68. The zero-order valence-corrected chi connectivity index (χ0v) is 24.1. The van der Waals surface area contributed by atoms with Crippen molar-refractivity contribution in [2.45, 2.75) is 136 Å². The van der Waals surface area contributed by atoms with Crippen LogP contribution in [0.15, 0.2) is 29.4 Å². The Morgan fingerprint density at radius 1 is 0.889 bits per heavy atom. The van der Waals surface area contributed by atoms with Gasteiger partial charge in [0.2, 0.25) is 0 Å². The third-order valence-electron chi connectivity index (χ3n) is 6.94. The first-order valence-corrected chi connectivity index (χ1v) is 15.5. The van der Waals surface area contributed by atoms with E-state index in [0.29, 0.717) is 30.4 Å². The number of unbranched alkanes of at least 4 members (excludes halogenated alkanes) is 12. The van der Waals surface area contributed by atoms with Crippen LogP contribution in [0.1, 0.15) is 140 Å². The van der Waals surface area contributed by atoms with Crippen molar-refractivity contribution in [2.75, 3.05) is 6.61 Å². The van der Waals surface area contributed by atoms with Crippen LogP contribution >= 0.6 is 11.9 Å². The summed E-state index contributed by atoms with van der Waals surface area (Å²) in [5.41, 5.74) is 0.663. The highest BCUT2D eigenvalue weighted by atomic mass is 32.2. The number of ketones is 1. The van der Waals surface area contributed by atoms with Crippen molar-refractivity contribution in [2.24, 2.45) is 5.10 Å². The van der Waals surface area contributed by atoms with Gasteiger partial charge in [-0.1, -0.05) is 116 Å². The lowest BCUT2D eigenvalue weighted by molar-refractivity contribution is 0.0996. The number of hydrazine groups is 1. The van der Waals surface area contributed by atoms with Crippen molar-refractivity contribution >= 4 is 22.8 Å². The lowest BCUT2D eigenvalue weighted by atomic mass is 10.1. The van der Waals surface area contributed by atoms with Crippen LogP contribution in [-0.4, -0.2) is 28.6 Å². The molecule has 0 amide bonds. The molecule has 0 saturated carbocycles. The number of hydrazone groups is 1. The van der Waals surface area contributed by atoms with Crippen molar-refractivity contribution in [1.29, 1.82) is 0 Å². The van der Waals surface area contributed by atoms with E-state index >= 15 is 0 Å². The summed E-state index contributed by atoms with van der Waals surface area (Å²) in [5.74, 6) is 0.769. The Morgan fingerprint density at radius 2 is 1.50 bits per heavy atom. The smallest absolute Gasteiger partial charge is 0.173 e. The predicted octanol–water partition coefficient (Wildman–Crippen LogP) is 9.09. The van der Waals surface area contributed by atoms with Crippen molar-refractivity contribution in [3.8, 4) is 5.75 Å². The van der Waals surface area contributed by atoms with Gasteiger partial charge in [-0.25, -0.2) is 5.12 Å². The number of hydrogen-bond donors (Lipinski definition) is 1. The molecule has 1 aromatic carbocycles. The topological polar surface area (TPSA) is 53.9 Å². The third kappa shape index (κ3) is 12.1. The van der Waals surface area contributed by atoms with Crippen molar-refractivity contribution in [3.05, 3.63) is 29.8 Å². The highest BCUT2D eigenvalue weighted by molar-refractivity contribution is 8.12. The molecule has 0 aromatic heterocycles. The lowest BCUT2D eigenvalue weighted by Crippen LogP contribution is -2.34. The maximum absolute atomic E-state index is 13.1. The average Bonchev–Trinajstić information content (AvgIpc) is 3.35. The predicted molar refractivity (Wildman–Crippen MR) is 156 cm³/mol. The molecule has 1 unspecified atom stereocenters. The molecular formula is C30H51N3O2S. The van der Waals surface area contributed by atoms with Crippen molar-refractivity contribution in [1.82, 2.24) is 9.95 Å². The van der Waals surface area contributed by atoms with Gasteiger partial charge >= 0.3 is 0 Å². The molecule has 1 aliphatic heterocycles. The van der Waals surface area contributed by atoms with E-state index in [1.54, 1.807) is 0 Å². The molecule has 0 radical (unpaired) electrons. The van der Waals surface area contributed by atoms with Gasteiger partial charge in [0.25, 0.3) is 0 Å². The van der Waals surface area contributed by atoms with E-state index in [-0.39, 0.29) is 5.78 Å². The molecule has 0 fully saturated rings. The lowest BCUT2D eigenvalue weighted by Gasteiger charge is -2.23. The van der Waals surface area contributed by atoms with E-state index in [2.05, 4.69) is 30.7 Å². The molecule has 0 aliphatic carbocycles. The number of hydrogen-bond acceptors (Lipinski definition) is 6. The first kappa shape index (κ1) is 30.7. The van der Waals surface area contributed by atoms with Crippen LogP contribution < -0.4 is 9.57 Å². The number of benzene rings is 1. The molecule has 1 atom stereocenters. The maximum Gasteiger partial charge on any atom is 0.173 e. The van der Waals surface area contributed by atoms with E-state index in [1.165, 1.54) is 95.4 Å². The Kier molecular flexibility index (Phi) is 16.7. The summed E-state index contributed by atoms with van der Waals surface area (Å²) in [4.78, 5) is 16.3. The molecular weight excluding hydrogens is 466 g/mol. The summed E-state index contributed by atoms with van der Waals surface area (Å²) in [6.45, 7) is 7.35. The van der Waals surface area contributed by atoms with Crippen LogP contribution in [0, 0.1) is 0 Å². The molecule has 36 heavy (non-hydrogen) atoms. The Bertz CT molecular complexity index is 755. The zero-order chi connectivity index (χ0) is 25.8. The monoisotopic (exact) mass is 517 g/mol. The van der Waals surface area contributed by atoms with E-state index in [1.807, 2.05) is 29.4 Å². The summed E-state index contributed by atoms with van der Waals surface area (Å²) in [7, 11) is 0. The molecule has 6 heteroatoms. The number of rotatable bonds is 22. The molecule has 2 rings (SSSR count). The number of nitrogens with one attached hydrogen (secondary N) is 1. The first-order valence-electron chi connectivity index (χ1n) is 14.7. The number of carbonyl (C=O) groups excluding carboxylic acids is 1. The molecule has 0 saturated heterocycles. The summed E-state index contributed by atoms with van der Waals surface area (Å²) in [6.07, 6.45) is 20.7. The Morgan fingerprint density at radius 3 is 2.14 bits per heavy atom. The molecule has 0 spiro atoms. The van der Waals surface area contributed by atoms with Crippen LogP contribution in [0.2, 0.25) is 0 Å². The van der Waals surface area contributed by atoms with Crippen molar-refractivity contribution < 1.29 is 9.53 Å². The van der Waals surface area contributed by atoms with E-state index in [4.69, 9.17) is 4.74 Å². The van der Waals surface area contributed by atoms with Gasteiger partial charge in [-0.15, -0.1) is 0 Å². The minimum Gasteiger partial charge on any atom is -0.493 e. The average molecular weight is 518 g/mol. The molecule has 0 bridgehead atoms. The zero-order valence-electron chi connectivity index (χ0n) is 23.2. The SMILES string of the molecule is CCCCCCCCCCCCCCOc1ccccc1C(=O)CC1=NN(C(CC)CCCC)NS1. The van der Waals surface area contributed by atoms with Gasteiger partial charge in [-0.05, 0) is 43.3 Å². The van der Waals surface area contributed by atoms with Crippen LogP contribution in [0.3, 0.4) is 0 Å². The van der Waals surface area contributed by atoms with Gasteiger partial charge in [-0.2, -0.15) is 9.93 Å². The molecule has 1 N–H and O–H groups in total. The second kappa shape index (κ2) is 19.6. The quantitative estimate of drug-likeness (QED) is 0.0944. The number of nitrogens with zero attached hydrogens (tertiary/aromatic N) is 2. The van der Waals surface area contributed by atoms with Crippen LogP contribution in [0.25, 0.3) is 0 Å². The largest absolute Gasteiger partial charge is 0.493 e. The molecule has 5 nitrogen and oxygen atoms in total. The number of carbonyl (C=O) groups is 1. The fourth-order valence-electron chi connectivity index (χ4n) is 4.61. The Balaban J connectivity index is 1.65. The fourth-order valence-corrected chi connectivity index (χ4v) is 5.33. The highest BCUT2D eigenvalue weighted by Crippen LogP contribution is 2.25. The summed E-state index contributed by atoms with van der Waals surface area (Å²) < 4.78 is 6.04. The van der Waals surface area contributed by atoms with Gasteiger partial charge in [0.15, 0.2) is 5.78 Å². The minimum atomic E-state index is 0.0665. The summed E-state index contributed by atoms with van der Waals surface area (Å²) >= 11 is 1.46. The summed E-state index contributed by atoms with van der Waals surface area (Å²) in [5, 5.41) is 7.45. The number of Topliss-reactive ketones (excluding diaryl/α,β-unsaturated/α-hetero) is 1. The number of para-hydroxylation sites is 1. The minimum absolute atomic E-state index is 0.0665. The van der Waals surface area contributed by atoms with Crippen LogP contribution in [-0.2, 0) is 0 Å². The van der Waals surface area contributed by atoms with Gasteiger partial charge in [0, 0.05) is 0 Å². The second-order valence-electron chi connectivity index (χ2n) is 10.1. The molecule has 1 aromatic rings. The van der Waals surface area contributed by atoms with E-state index in [0.717, 1.165) is 24.3 Å². The van der Waals surface area contributed by atoms with Gasteiger partial charge in [0.1, 0.15) is 10.8 Å². The number of ether oxygens (including phenoxy) is 1. The van der Waals surface area contributed by atoms with Crippen LogP contribution in [0.4, 0.5) is 0 Å². The van der Waals surface area contributed by atoms with Gasteiger partial charge < -0.3 is 4.74 Å². The second-order valence-corrected chi connectivity index (χ2v) is 10.9. The molecule has 1 heterocycles. The van der Waals surface area contributed by atoms with E-state index in [9.17, 15) is 4.79 Å². The van der Waals surface area contributed by atoms with Gasteiger partial charge in [0.05, 0.1) is 24.6 Å². The molecule has 204 valence electrons. The Labute approximate surface area is 225 Å². The van der Waals surface area contributed by atoms with Crippen LogP contribution in [0.5, 0.6) is 5.75 Å². The highest BCUT2D eigenvalue weighted by Gasteiger charge is 2.24. The fraction of sp³-hybridized carbons (Fsp3) is 0.733. The Hall–Kier alpha value is -1.53.